The lowest BCUT2D eigenvalue weighted by Crippen LogP contribution is -1.98. The van der Waals surface area contributed by atoms with Crippen molar-refractivity contribution in [2.45, 2.75) is 6.42 Å². The first-order chi connectivity index (χ1) is 8.25. The highest BCUT2D eigenvalue weighted by Crippen LogP contribution is 2.19. The SMILES string of the molecule is O=S(O)CCc1ccc(-c2ccccc2)cc1. The molecule has 17 heavy (non-hydrogen) atoms. The van der Waals surface area contributed by atoms with Gasteiger partial charge in [-0.3, -0.25) is 0 Å². The van der Waals surface area contributed by atoms with Gasteiger partial charge in [-0.1, -0.05) is 54.6 Å². The Morgan fingerprint density at radius 2 is 1.47 bits per heavy atom. The summed E-state index contributed by atoms with van der Waals surface area (Å²) in [6.45, 7) is 0. The van der Waals surface area contributed by atoms with Crippen molar-refractivity contribution in [3.8, 4) is 11.1 Å². The third kappa shape index (κ3) is 3.51. The summed E-state index contributed by atoms with van der Waals surface area (Å²) < 4.78 is 19.3. The standard InChI is InChI=1S/C14H14O2S/c15-17(16)11-10-12-6-8-14(9-7-12)13-4-2-1-3-5-13/h1-9H,10-11H2,(H,15,16). The Kier molecular flexibility index (Phi) is 4.07. The summed E-state index contributed by atoms with van der Waals surface area (Å²) in [6, 6.07) is 18.3. The Labute approximate surface area is 104 Å². The van der Waals surface area contributed by atoms with Gasteiger partial charge < -0.3 is 4.55 Å². The highest BCUT2D eigenvalue weighted by atomic mass is 32.2. The van der Waals surface area contributed by atoms with Gasteiger partial charge in [-0.05, 0) is 23.1 Å². The summed E-state index contributed by atoms with van der Waals surface area (Å²) in [5, 5.41) is 0. The summed E-state index contributed by atoms with van der Waals surface area (Å²) in [6.07, 6.45) is 0.637. The van der Waals surface area contributed by atoms with E-state index in [0.717, 1.165) is 5.56 Å². The fourth-order valence-electron chi connectivity index (χ4n) is 1.70. The van der Waals surface area contributed by atoms with Crippen molar-refractivity contribution in [2.75, 3.05) is 5.75 Å². The Bertz CT molecular complexity index is 491. The molecule has 0 aliphatic rings. The lowest BCUT2D eigenvalue weighted by atomic mass is 10.0. The second kappa shape index (κ2) is 5.75. The van der Waals surface area contributed by atoms with Gasteiger partial charge in [0.1, 0.15) is 0 Å². The van der Waals surface area contributed by atoms with Gasteiger partial charge in [-0.2, -0.15) is 0 Å². The van der Waals surface area contributed by atoms with Crippen LogP contribution >= 0.6 is 0 Å². The van der Waals surface area contributed by atoms with Crippen molar-refractivity contribution >= 4 is 11.1 Å². The normalized spacial score (nSPS) is 12.3. The van der Waals surface area contributed by atoms with Crippen molar-refractivity contribution < 1.29 is 8.76 Å². The number of hydrogen-bond donors (Lipinski definition) is 1. The van der Waals surface area contributed by atoms with E-state index in [1.165, 1.54) is 11.1 Å². The van der Waals surface area contributed by atoms with E-state index in [-0.39, 0.29) is 0 Å². The molecule has 0 aromatic heterocycles. The fourth-order valence-corrected chi connectivity index (χ4v) is 2.11. The molecule has 0 heterocycles. The third-order valence-electron chi connectivity index (χ3n) is 2.63. The molecule has 1 N–H and O–H groups in total. The number of benzene rings is 2. The van der Waals surface area contributed by atoms with Crippen molar-refractivity contribution in [3.63, 3.8) is 0 Å². The second-order valence-corrected chi connectivity index (χ2v) is 4.89. The van der Waals surface area contributed by atoms with E-state index in [1.54, 1.807) is 0 Å². The van der Waals surface area contributed by atoms with Crippen LogP contribution in [0.25, 0.3) is 11.1 Å². The number of hydrogen-bond acceptors (Lipinski definition) is 1. The summed E-state index contributed by atoms with van der Waals surface area (Å²) >= 11 is -1.71. The molecule has 0 radical (unpaired) electrons. The fraction of sp³-hybridized carbons (Fsp3) is 0.143. The second-order valence-electron chi connectivity index (χ2n) is 3.84. The number of aryl methyl sites for hydroxylation is 1. The van der Waals surface area contributed by atoms with Gasteiger partial charge in [-0.25, -0.2) is 4.21 Å². The molecule has 2 aromatic rings. The molecule has 2 aromatic carbocycles. The summed E-state index contributed by atoms with van der Waals surface area (Å²) in [4.78, 5) is 0. The van der Waals surface area contributed by atoms with Crippen LogP contribution in [0.2, 0.25) is 0 Å². The van der Waals surface area contributed by atoms with Gasteiger partial charge >= 0.3 is 0 Å². The molecule has 88 valence electrons. The minimum absolute atomic E-state index is 0.296. The molecule has 0 aliphatic heterocycles. The van der Waals surface area contributed by atoms with Gasteiger partial charge in [0, 0.05) is 0 Å². The zero-order valence-corrected chi connectivity index (χ0v) is 10.2. The quantitative estimate of drug-likeness (QED) is 0.842. The molecular formula is C14H14O2S. The van der Waals surface area contributed by atoms with Gasteiger partial charge in [-0.15, -0.1) is 0 Å². The molecule has 0 saturated heterocycles. The van der Waals surface area contributed by atoms with E-state index in [1.807, 2.05) is 42.5 Å². The lowest BCUT2D eigenvalue weighted by molar-refractivity contribution is 0.563. The first-order valence-electron chi connectivity index (χ1n) is 5.47. The van der Waals surface area contributed by atoms with E-state index >= 15 is 0 Å². The van der Waals surface area contributed by atoms with Gasteiger partial charge in [0.25, 0.3) is 0 Å². The molecular weight excluding hydrogens is 232 g/mol. The molecule has 0 spiro atoms. The van der Waals surface area contributed by atoms with Crippen LogP contribution in [0.4, 0.5) is 0 Å². The zero-order valence-electron chi connectivity index (χ0n) is 9.37. The lowest BCUT2D eigenvalue weighted by Gasteiger charge is -2.03. The Hall–Kier alpha value is -1.45. The molecule has 1 unspecified atom stereocenters. The third-order valence-corrected chi connectivity index (χ3v) is 3.18. The molecule has 2 nitrogen and oxygen atoms in total. The molecule has 3 heteroatoms. The smallest absolute Gasteiger partial charge is 0.153 e. The van der Waals surface area contributed by atoms with Crippen LogP contribution in [-0.4, -0.2) is 14.5 Å². The van der Waals surface area contributed by atoms with Crippen LogP contribution in [0.15, 0.2) is 54.6 Å². The average Bonchev–Trinajstić information content (AvgIpc) is 2.38. The Morgan fingerprint density at radius 3 is 2.06 bits per heavy atom. The van der Waals surface area contributed by atoms with Crippen molar-refractivity contribution in [1.82, 2.24) is 0 Å². The molecule has 0 aliphatic carbocycles. The Morgan fingerprint density at radius 1 is 0.882 bits per heavy atom. The van der Waals surface area contributed by atoms with E-state index in [4.69, 9.17) is 4.55 Å². The maximum absolute atomic E-state index is 10.6. The zero-order chi connectivity index (χ0) is 12.1. The van der Waals surface area contributed by atoms with Crippen molar-refractivity contribution in [1.29, 1.82) is 0 Å². The maximum Gasteiger partial charge on any atom is 0.153 e. The first-order valence-corrected chi connectivity index (χ1v) is 6.75. The van der Waals surface area contributed by atoms with Crippen LogP contribution in [-0.2, 0) is 17.5 Å². The predicted molar refractivity (Wildman–Crippen MR) is 71.2 cm³/mol. The molecule has 0 amide bonds. The van der Waals surface area contributed by atoms with Crippen LogP contribution in [0.3, 0.4) is 0 Å². The van der Waals surface area contributed by atoms with Gasteiger partial charge in [0.2, 0.25) is 0 Å². The van der Waals surface area contributed by atoms with Gasteiger partial charge in [0.05, 0.1) is 5.75 Å². The van der Waals surface area contributed by atoms with Crippen LogP contribution in [0.1, 0.15) is 5.56 Å². The monoisotopic (exact) mass is 246 g/mol. The van der Waals surface area contributed by atoms with Crippen LogP contribution in [0.5, 0.6) is 0 Å². The topological polar surface area (TPSA) is 37.3 Å². The minimum Gasteiger partial charge on any atom is -0.306 e. The van der Waals surface area contributed by atoms with Crippen molar-refractivity contribution in [2.24, 2.45) is 0 Å². The van der Waals surface area contributed by atoms with Gasteiger partial charge in [0.15, 0.2) is 11.1 Å². The highest BCUT2D eigenvalue weighted by Gasteiger charge is 1.99. The van der Waals surface area contributed by atoms with E-state index in [0.29, 0.717) is 12.2 Å². The minimum atomic E-state index is -1.71. The maximum atomic E-state index is 10.6. The average molecular weight is 246 g/mol. The summed E-state index contributed by atoms with van der Waals surface area (Å²) in [5.74, 6) is 0.296. The molecule has 0 bridgehead atoms. The summed E-state index contributed by atoms with van der Waals surface area (Å²) in [7, 11) is 0. The molecule has 0 saturated carbocycles. The summed E-state index contributed by atoms with van der Waals surface area (Å²) in [5.41, 5.74) is 3.44. The Balaban J connectivity index is 2.11. The van der Waals surface area contributed by atoms with Crippen LogP contribution in [0, 0.1) is 0 Å². The molecule has 1 atom stereocenters. The number of rotatable bonds is 4. The molecule has 2 rings (SSSR count). The largest absolute Gasteiger partial charge is 0.306 e. The van der Waals surface area contributed by atoms with E-state index in [9.17, 15) is 4.21 Å². The van der Waals surface area contributed by atoms with Crippen LogP contribution < -0.4 is 0 Å². The molecule has 0 fully saturated rings. The highest BCUT2D eigenvalue weighted by molar-refractivity contribution is 7.79. The first kappa shape index (κ1) is 12.0. The van der Waals surface area contributed by atoms with E-state index in [2.05, 4.69) is 12.1 Å². The van der Waals surface area contributed by atoms with Crippen molar-refractivity contribution in [3.05, 3.63) is 60.2 Å². The van der Waals surface area contributed by atoms with E-state index < -0.39 is 11.1 Å². The predicted octanol–water partition coefficient (Wildman–Crippen LogP) is 3.12.